The van der Waals surface area contributed by atoms with Crippen LogP contribution in [0.1, 0.15) is 5.89 Å². The summed E-state index contributed by atoms with van der Waals surface area (Å²) in [6, 6.07) is 9.36. The van der Waals surface area contributed by atoms with Crippen LogP contribution in [0.2, 0.25) is 0 Å². The Labute approximate surface area is 151 Å². The number of thiophene rings is 1. The fraction of sp³-hybridized carbons (Fsp3) is 0.125. The number of ether oxygens (including phenoxy) is 1. The van der Waals surface area contributed by atoms with Crippen LogP contribution in [0, 0.1) is 0 Å². The van der Waals surface area contributed by atoms with E-state index in [1.165, 1.54) is 23.1 Å². The van der Waals surface area contributed by atoms with Crippen molar-refractivity contribution in [1.29, 1.82) is 0 Å². The minimum atomic E-state index is 0.465. The minimum Gasteiger partial charge on any atom is -0.497 e. The first-order valence-corrected chi connectivity index (χ1v) is 9.20. The summed E-state index contributed by atoms with van der Waals surface area (Å²) in [5.41, 5.74) is 6.79. The number of thioether (sulfide) groups is 1. The van der Waals surface area contributed by atoms with Crippen LogP contribution in [-0.4, -0.2) is 27.3 Å². The molecular weight excluding hydrogens is 358 g/mol. The Morgan fingerprint density at radius 2 is 2.00 bits per heavy atom. The predicted molar refractivity (Wildman–Crippen MR) is 97.7 cm³/mol. The van der Waals surface area contributed by atoms with Crippen molar-refractivity contribution in [1.82, 2.24) is 20.2 Å². The SMILES string of the molecule is COc1ccc(-c2nnc(CSc3nc(N)c4ccsc4n3)o2)cc1. The van der Waals surface area contributed by atoms with Crippen molar-refractivity contribution in [3.63, 3.8) is 0 Å². The van der Waals surface area contributed by atoms with Crippen molar-refractivity contribution in [2.45, 2.75) is 10.9 Å². The summed E-state index contributed by atoms with van der Waals surface area (Å²) in [5.74, 6) is 2.70. The van der Waals surface area contributed by atoms with Gasteiger partial charge in [-0.05, 0) is 35.7 Å². The summed E-state index contributed by atoms with van der Waals surface area (Å²) >= 11 is 2.94. The molecule has 0 saturated heterocycles. The molecule has 0 aliphatic heterocycles. The lowest BCUT2D eigenvalue weighted by atomic mass is 10.2. The summed E-state index contributed by atoms with van der Waals surface area (Å²) < 4.78 is 10.8. The van der Waals surface area contributed by atoms with E-state index in [-0.39, 0.29) is 0 Å². The molecule has 0 aliphatic rings. The highest BCUT2D eigenvalue weighted by molar-refractivity contribution is 7.98. The molecule has 0 aliphatic carbocycles. The molecule has 126 valence electrons. The molecule has 0 radical (unpaired) electrons. The van der Waals surface area contributed by atoms with Crippen molar-refractivity contribution in [3.05, 3.63) is 41.6 Å². The summed E-state index contributed by atoms with van der Waals surface area (Å²) in [6.45, 7) is 0. The van der Waals surface area contributed by atoms with Crippen LogP contribution in [-0.2, 0) is 5.75 Å². The number of nitrogen functional groups attached to an aromatic ring is 1. The average Bonchev–Trinajstić information content (AvgIpc) is 3.29. The highest BCUT2D eigenvalue weighted by Crippen LogP contribution is 2.28. The first-order chi connectivity index (χ1) is 12.2. The number of methoxy groups -OCH3 is 1. The first kappa shape index (κ1) is 15.9. The maximum absolute atomic E-state index is 5.95. The number of rotatable bonds is 5. The minimum absolute atomic E-state index is 0.465. The second-order valence-corrected chi connectivity index (χ2v) is 6.89. The van der Waals surface area contributed by atoms with Gasteiger partial charge in [-0.15, -0.1) is 21.5 Å². The Morgan fingerprint density at radius 1 is 1.16 bits per heavy atom. The van der Waals surface area contributed by atoms with Crippen LogP contribution in [0.25, 0.3) is 21.7 Å². The molecule has 4 aromatic rings. The quantitative estimate of drug-likeness (QED) is 0.419. The van der Waals surface area contributed by atoms with Gasteiger partial charge in [-0.1, -0.05) is 11.8 Å². The Kier molecular flexibility index (Phi) is 4.24. The molecule has 1 aromatic carbocycles. The van der Waals surface area contributed by atoms with Crippen LogP contribution in [0.5, 0.6) is 5.75 Å². The lowest BCUT2D eigenvalue weighted by Crippen LogP contribution is -1.95. The van der Waals surface area contributed by atoms with E-state index in [4.69, 9.17) is 14.9 Å². The molecule has 0 amide bonds. The third-order valence-electron chi connectivity index (χ3n) is 3.46. The summed E-state index contributed by atoms with van der Waals surface area (Å²) in [6.07, 6.45) is 0. The molecule has 9 heteroatoms. The number of benzene rings is 1. The molecule has 3 heterocycles. The number of anilines is 1. The summed E-state index contributed by atoms with van der Waals surface area (Å²) in [7, 11) is 1.62. The molecule has 0 fully saturated rings. The van der Waals surface area contributed by atoms with Crippen molar-refractivity contribution in [3.8, 4) is 17.2 Å². The highest BCUT2D eigenvalue weighted by atomic mass is 32.2. The third kappa shape index (κ3) is 3.28. The molecule has 0 bridgehead atoms. The van der Waals surface area contributed by atoms with Crippen LogP contribution < -0.4 is 10.5 Å². The van der Waals surface area contributed by atoms with Gasteiger partial charge in [-0.2, -0.15) is 0 Å². The zero-order valence-corrected chi connectivity index (χ0v) is 14.8. The van der Waals surface area contributed by atoms with Gasteiger partial charge in [0.15, 0.2) is 5.16 Å². The van der Waals surface area contributed by atoms with Gasteiger partial charge in [-0.25, -0.2) is 9.97 Å². The molecule has 25 heavy (non-hydrogen) atoms. The zero-order valence-electron chi connectivity index (χ0n) is 13.2. The van der Waals surface area contributed by atoms with Gasteiger partial charge in [0.2, 0.25) is 11.8 Å². The largest absolute Gasteiger partial charge is 0.497 e. The topological polar surface area (TPSA) is 100.0 Å². The second kappa shape index (κ2) is 6.69. The zero-order chi connectivity index (χ0) is 17.2. The second-order valence-electron chi connectivity index (χ2n) is 5.05. The fourth-order valence-electron chi connectivity index (χ4n) is 2.21. The Balaban J connectivity index is 1.48. The third-order valence-corrected chi connectivity index (χ3v) is 5.10. The summed E-state index contributed by atoms with van der Waals surface area (Å²) in [4.78, 5) is 9.66. The van der Waals surface area contributed by atoms with Crippen LogP contribution in [0.3, 0.4) is 0 Å². The predicted octanol–water partition coefficient (Wildman–Crippen LogP) is 3.62. The van der Waals surface area contributed by atoms with Crippen LogP contribution in [0.4, 0.5) is 5.82 Å². The summed E-state index contributed by atoms with van der Waals surface area (Å²) in [5, 5.41) is 11.6. The maximum Gasteiger partial charge on any atom is 0.247 e. The van der Waals surface area contributed by atoms with E-state index in [2.05, 4.69) is 20.2 Å². The number of nitrogens with two attached hydrogens (primary N) is 1. The van der Waals surface area contributed by atoms with Crippen molar-refractivity contribution in [2.24, 2.45) is 0 Å². The molecule has 0 unspecified atom stereocenters. The number of hydrogen-bond donors (Lipinski definition) is 1. The molecular formula is C16H13N5O2S2. The molecule has 0 spiro atoms. The number of aromatic nitrogens is 4. The van der Waals surface area contributed by atoms with Gasteiger partial charge in [0.25, 0.3) is 0 Å². The van der Waals surface area contributed by atoms with Gasteiger partial charge in [-0.3, -0.25) is 0 Å². The standard InChI is InChI=1S/C16H13N5O2S2/c1-22-10-4-2-9(3-5-10)14-21-20-12(23-14)8-25-16-18-13(17)11-6-7-24-15(11)19-16/h2-7H,8H2,1H3,(H2,17,18,19). The van der Waals surface area contributed by atoms with Crippen molar-refractivity contribution >= 4 is 39.1 Å². The molecule has 0 atom stereocenters. The first-order valence-electron chi connectivity index (χ1n) is 7.33. The lowest BCUT2D eigenvalue weighted by molar-refractivity contribution is 0.415. The smallest absolute Gasteiger partial charge is 0.247 e. The number of nitrogens with zero attached hydrogens (tertiary/aromatic N) is 4. The van der Waals surface area contributed by atoms with Gasteiger partial charge >= 0.3 is 0 Å². The van der Waals surface area contributed by atoms with Crippen LogP contribution in [0.15, 0.2) is 45.3 Å². The molecule has 4 rings (SSSR count). The van der Waals surface area contributed by atoms with Crippen molar-refractivity contribution < 1.29 is 9.15 Å². The fourth-order valence-corrected chi connectivity index (χ4v) is 3.73. The monoisotopic (exact) mass is 371 g/mol. The van der Waals surface area contributed by atoms with E-state index in [1.807, 2.05) is 35.7 Å². The van der Waals surface area contributed by atoms with E-state index in [0.717, 1.165) is 21.5 Å². The molecule has 0 saturated carbocycles. The maximum atomic E-state index is 5.95. The van der Waals surface area contributed by atoms with Gasteiger partial charge in [0, 0.05) is 5.56 Å². The highest BCUT2D eigenvalue weighted by Gasteiger charge is 2.12. The van der Waals surface area contributed by atoms with Gasteiger partial charge in [0.05, 0.1) is 18.2 Å². The van der Waals surface area contributed by atoms with E-state index in [1.54, 1.807) is 7.11 Å². The molecule has 2 N–H and O–H groups in total. The van der Waals surface area contributed by atoms with E-state index >= 15 is 0 Å². The Bertz CT molecular complexity index is 1010. The Hall–Kier alpha value is -2.65. The van der Waals surface area contributed by atoms with E-state index < -0.39 is 0 Å². The van der Waals surface area contributed by atoms with E-state index in [9.17, 15) is 0 Å². The Morgan fingerprint density at radius 3 is 2.80 bits per heavy atom. The molecule has 3 aromatic heterocycles. The van der Waals surface area contributed by atoms with E-state index in [0.29, 0.717) is 28.5 Å². The van der Waals surface area contributed by atoms with Gasteiger partial charge < -0.3 is 14.9 Å². The molecule has 7 nitrogen and oxygen atoms in total. The number of fused-ring (bicyclic) bond motifs is 1. The lowest BCUT2D eigenvalue weighted by Gasteiger charge is -2.00. The normalized spacial score (nSPS) is 11.1. The van der Waals surface area contributed by atoms with Crippen molar-refractivity contribution in [2.75, 3.05) is 12.8 Å². The van der Waals surface area contributed by atoms with Crippen LogP contribution >= 0.6 is 23.1 Å². The average molecular weight is 371 g/mol. The van der Waals surface area contributed by atoms with Gasteiger partial charge in [0.1, 0.15) is 16.4 Å². The number of hydrogen-bond acceptors (Lipinski definition) is 9.